The molecule has 0 aromatic carbocycles. The van der Waals surface area contributed by atoms with Crippen LogP contribution in [0.5, 0.6) is 0 Å². The van der Waals surface area contributed by atoms with E-state index in [1.807, 2.05) is 0 Å². The second kappa shape index (κ2) is 5.23. The molecule has 0 saturated heterocycles. The van der Waals surface area contributed by atoms with Crippen molar-refractivity contribution in [2.24, 2.45) is 0 Å². The standard InChI is InChI=1S/C16H24N4/c1-3-7-12(8-4-1)14-11-15-17-18-16(20(15)19-14)13-9-5-2-6-10-13/h11-13,19H,1-10H2. The minimum atomic E-state index is 0.608. The predicted octanol–water partition coefficient (Wildman–Crippen LogP) is 4.15. The van der Waals surface area contributed by atoms with E-state index in [9.17, 15) is 0 Å². The topological polar surface area (TPSA) is 46.0 Å². The van der Waals surface area contributed by atoms with Gasteiger partial charge in [0.25, 0.3) is 0 Å². The SMILES string of the molecule is c1c(C2CCCCC2)[nH]n2c(C3CCCCC3)nnc12. The number of hydrogen-bond acceptors (Lipinski definition) is 2. The van der Waals surface area contributed by atoms with E-state index in [4.69, 9.17) is 0 Å². The number of fused-ring (bicyclic) bond motifs is 1. The van der Waals surface area contributed by atoms with Crippen LogP contribution < -0.4 is 0 Å². The zero-order chi connectivity index (χ0) is 13.4. The quantitative estimate of drug-likeness (QED) is 0.892. The van der Waals surface area contributed by atoms with Crippen LogP contribution in [0.1, 0.15) is 87.6 Å². The van der Waals surface area contributed by atoms with Crippen molar-refractivity contribution in [2.45, 2.75) is 76.0 Å². The summed E-state index contributed by atoms with van der Waals surface area (Å²) in [6, 6.07) is 2.23. The van der Waals surface area contributed by atoms with E-state index < -0.39 is 0 Å². The summed E-state index contributed by atoms with van der Waals surface area (Å²) in [5, 5.41) is 12.4. The number of H-pyrrole nitrogens is 1. The molecule has 2 aromatic heterocycles. The van der Waals surface area contributed by atoms with Crippen molar-refractivity contribution in [1.82, 2.24) is 19.8 Å². The third-order valence-corrected chi connectivity index (χ3v) is 5.25. The molecule has 2 aliphatic carbocycles. The predicted molar refractivity (Wildman–Crippen MR) is 79.0 cm³/mol. The Morgan fingerprint density at radius 3 is 2.20 bits per heavy atom. The van der Waals surface area contributed by atoms with Gasteiger partial charge in [-0.05, 0) is 25.7 Å². The molecule has 0 spiro atoms. The van der Waals surface area contributed by atoms with Gasteiger partial charge in [-0.2, -0.15) is 0 Å². The Balaban J connectivity index is 1.63. The van der Waals surface area contributed by atoms with E-state index in [1.165, 1.54) is 75.7 Å². The van der Waals surface area contributed by atoms with Crippen LogP contribution in [0.15, 0.2) is 6.07 Å². The molecule has 2 aromatic rings. The van der Waals surface area contributed by atoms with Gasteiger partial charge in [0.1, 0.15) is 0 Å². The molecule has 0 bridgehead atoms. The van der Waals surface area contributed by atoms with Gasteiger partial charge in [-0.25, -0.2) is 4.52 Å². The molecule has 0 radical (unpaired) electrons. The molecule has 2 fully saturated rings. The Morgan fingerprint density at radius 2 is 1.50 bits per heavy atom. The lowest BCUT2D eigenvalue weighted by molar-refractivity contribution is 0.418. The zero-order valence-corrected chi connectivity index (χ0v) is 12.1. The highest BCUT2D eigenvalue weighted by molar-refractivity contribution is 5.40. The number of aromatic amines is 1. The molecule has 2 heterocycles. The van der Waals surface area contributed by atoms with E-state index in [2.05, 4.69) is 25.9 Å². The summed E-state index contributed by atoms with van der Waals surface area (Å²) in [7, 11) is 0. The Hall–Kier alpha value is -1.32. The van der Waals surface area contributed by atoms with Gasteiger partial charge >= 0.3 is 0 Å². The van der Waals surface area contributed by atoms with E-state index in [0.717, 1.165) is 5.65 Å². The molecule has 4 nitrogen and oxygen atoms in total. The van der Waals surface area contributed by atoms with Gasteiger partial charge in [-0.15, -0.1) is 10.2 Å². The number of aromatic nitrogens is 4. The highest BCUT2D eigenvalue weighted by Crippen LogP contribution is 2.34. The van der Waals surface area contributed by atoms with Crippen molar-refractivity contribution in [3.05, 3.63) is 17.6 Å². The monoisotopic (exact) mass is 272 g/mol. The molecular weight excluding hydrogens is 248 g/mol. The van der Waals surface area contributed by atoms with Gasteiger partial charge in [0.15, 0.2) is 11.5 Å². The molecule has 4 rings (SSSR count). The summed E-state index contributed by atoms with van der Waals surface area (Å²) in [5.41, 5.74) is 2.40. The average molecular weight is 272 g/mol. The van der Waals surface area contributed by atoms with Crippen LogP contribution >= 0.6 is 0 Å². The highest BCUT2D eigenvalue weighted by Gasteiger charge is 2.23. The van der Waals surface area contributed by atoms with Crippen LogP contribution in [0.25, 0.3) is 5.65 Å². The molecule has 0 amide bonds. The van der Waals surface area contributed by atoms with E-state index in [-0.39, 0.29) is 0 Å². The molecule has 0 aliphatic heterocycles. The first kappa shape index (κ1) is 12.4. The van der Waals surface area contributed by atoms with Crippen LogP contribution in [0, 0.1) is 0 Å². The minimum absolute atomic E-state index is 0.608. The Bertz CT molecular complexity index is 570. The van der Waals surface area contributed by atoms with E-state index in [0.29, 0.717) is 11.8 Å². The lowest BCUT2D eigenvalue weighted by Gasteiger charge is -2.21. The largest absolute Gasteiger partial charge is 0.295 e. The van der Waals surface area contributed by atoms with Crippen molar-refractivity contribution >= 4 is 5.65 Å². The number of nitrogens with one attached hydrogen (secondary N) is 1. The second-order valence-corrected chi connectivity index (χ2v) is 6.63. The molecule has 2 saturated carbocycles. The maximum Gasteiger partial charge on any atom is 0.177 e. The van der Waals surface area contributed by atoms with Crippen LogP contribution in [0.3, 0.4) is 0 Å². The van der Waals surface area contributed by atoms with Gasteiger partial charge in [-0.3, -0.25) is 5.10 Å². The van der Waals surface area contributed by atoms with Gasteiger partial charge in [0, 0.05) is 23.6 Å². The first-order chi connectivity index (χ1) is 9.92. The number of nitrogens with zero attached hydrogens (tertiary/aromatic N) is 3. The number of hydrogen-bond donors (Lipinski definition) is 1. The van der Waals surface area contributed by atoms with Gasteiger partial charge in [0.05, 0.1) is 0 Å². The molecule has 1 N–H and O–H groups in total. The van der Waals surface area contributed by atoms with Crippen molar-refractivity contribution in [3.8, 4) is 0 Å². The smallest absolute Gasteiger partial charge is 0.177 e. The Labute approximate surface area is 120 Å². The van der Waals surface area contributed by atoms with Crippen molar-refractivity contribution < 1.29 is 0 Å². The maximum absolute atomic E-state index is 4.45. The summed E-state index contributed by atoms with van der Waals surface area (Å²) >= 11 is 0. The summed E-state index contributed by atoms with van der Waals surface area (Å²) in [6.45, 7) is 0. The van der Waals surface area contributed by atoms with E-state index in [1.54, 1.807) is 0 Å². The lowest BCUT2D eigenvalue weighted by atomic mass is 9.87. The summed E-state index contributed by atoms with van der Waals surface area (Å²) < 4.78 is 2.17. The summed E-state index contributed by atoms with van der Waals surface area (Å²) in [6.07, 6.45) is 13.4. The fourth-order valence-electron chi connectivity index (χ4n) is 4.07. The fraction of sp³-hybridized carbons (Fsp3) is 0.750. The zero-order valence-electron chi connectivity index (χ0n) is 12.1. The van der Waals surface area contributed by atoms with Crippen LogP contribution in [0.4, 0.5) is 0 Å². The minimum Gasteiger partial charge on any atom is -0.295 e. The van der Waals surface area contributed by atoms with Gasteiger partial charge in [-0.1, -0.05) is 38.5 Å². The summed E-state index contributed by atoms with van der Waals surface area (Å²) in [4.78, 5) is 0. The van der Waals surface area contributed by atoms with Crippen LogP contribution in [0.2, 0.25) is 0 Å². The number of rotatable bonds is 2. The normalized spacial score (nSPS) is 22.6. The molecule has 20 heavy (non-hydrogen) atoms. The molecule has 0 unspecified atom stereocenters. The van der Waals surface area contributed by atoms with Gasteiger partial charge in [0.2, 0.25) is 0 Å². The molecular formula is C16H24N4. The lowest BCUT2D eigenvalue weighted by Crippen LogP contribution is -2.10. The fourth-order valence-corrected chi connectivity index (χ4v) is 4.07. The Morgan fingerprint density at radius 1 is 0.850 bits per heavy atom. The molecule has 0 atom stereocenters. The van der Waals surface area contributed by atoms with Crippen molar-refractivity contribution in [3.63, 3.8) is 0 Å². The average Bonchev–Trinajstić information content (AvgIpc) is 3.09. The van der Waals surface area contributed by atoms with Gasteiger partial charge < -0.3 is 0 Å². The van der Waals surface area contributed by atoms with Crippen molar-refractivity contribution in [1.29, 1.82) is 0 Å². The molecule has 108 valence electrons. The first-order valence-electron chi connectivity index (χ1n) is 8.36. The summed E-state index contributed by atoms with van der Waals surface area (Å²) in [5.74, 6) is 2.49. The third kappa shape index (κ3) is 2.15. The molecule has 4 heteroatoms. The highest BCUT2D eigenvalue weighted by atomic mass is 15.4. The van der Waals surface area contributed by atoms with Crippen LogP contribution in [-0.4, -0.2) is 19.8 Å². The van der Waals surface area contributed by atoms with E-state index >= 15 is 0 Å². The molecule has 2 aliphatic rings. The maximum atomic E-state index is 4.45. The van der Waals surface area contributed by atoms with Crippen LogP contribution in [-0.2, 0) is 0 Å². The third-order valence-electron chi connectivity index (χ3n) is 5.25. The second-order valence-electron chi connectivity index (χ2n) is 6.63. The first-order valence-corrected chi connectivity index (χ1v) is 8.36. The van der Waals surface area contributed by atoms with Crippen molar-refractivity contribution in [2.75, 3.05) is 0 Å². The Kier molecular flexibility index (Phi) is 3.25.